The summed E-state index contributed by atoms with van der Waals surface area (Å²) in [7, 11) is 0. The van der Waals surface area contributed by atoms with Crippen LogP contribution in [0, 0.1) is 12.3 Å². The number of aliphatic carboxylic acids is 1. The van der Waals surface area contributed by atoms with Crippen molar-refractivity contribution < 1.29 is 19.4 Å². The smallest absolute Gasteiger partial charge is 0.408 e. The van der Waals surface area contributed by atoms with E-state index >= 15 is 0 Å². The van der Waals surface area contributed by atoms with Gasteiger partial charge in [0.15, 0.2) is 0 Å². The van der Waals surface area contributed by atoms with Crippen LogP contribution in [0.4, 0.5) is 4.79 Å². The lowest BCUT2D eigenvalue weighted by Gasteiger charge is -2.26. The first-order valence-corrected chi connectivity index (χ1v) is 10.3. The van der Waals surface area contributed by atoms with Crippen molar-refractivity contribution in [3.63, 3.8) is 0 Å². The van der Waals surface area contributed by atoms with Crippen molar-refractivity contribution in [1.82, 2.24) is 5.32 Å². The van der Waals surface area contributed by atoms with Crippen LogP contribution >= 0.6 is 0 Å². The van der Waals surface area contributed by atoms with Crippen molar-refractivity contribution in [3.8, 4) is 23.5 Å². The van der Waals surface area contributed by atoms with Crippen molar-refractivity contribution in [2.45, 2.75) is 50.5 Å². The monoisotopic (exact) mass is 405 g/mol. The van der Waals surface area contributed by atoms with E-state index in [-0.39, 0.29) is 12.5 Å². The standard InChI is InChI=1S/C25H27NO4/c1-3-4-5-6-11-16-25(2,23(27)28)26-24(29)30-17-22-20-14-9-7-12-18(20)19-13-8-10-15-21(19)22/h1,7-10,12-15,22H,4-6,11,16-17H2,2H3,(H,26,29)(H,27,28)/t25-/m1/s1. The minimum atomic E-state index is -1.38. The Morgan fingerprint density at radius 2 is 1.67 bits per heavy atom. The van der Waals surface area contributed by atoms with Crippen LogP contribution in [-0.4, -0.2) is 29.3 Å². The molecule has 1 amide bonds. The van der Waals surface area contributed by atoms with E-state index in [9.17, 15) is 14.7 Å². The first-order chi connectivity index (χ1) is 14.5. The predicted octanol–water partition coefficient (Wildman–Crippen LogP) is 4.95. The molecule has 0 radical (unpaired) electrons. The first kappa shape index (κ1) is 21.4. The molecule has 0 fully saturated rings. The molecule has 1 atom stereocenters. The topological polar surface area (TPSA) is 75.6 Å². The molecule has 0 spiro atoms. The average Bonchev–Trinajstić information content (AvgIpc) is 3.06. The van der Waals surface area contributed by atoms with Gasteiger partial charge in [-0.2, -0.15) is 0 Å². The second-order valence-electron chi connectivity index (χ2n) is 7.85. The van der Waals surface area contributed by atoms with Gasteiger partial charge in [0, 0.05) is 12.3 Å². The molecule has 0 heterocycles. The maximum atomic E-state index is 12.5. The van der Waals surface area contributed by atoms with Crippen LogP contribution < -0.4 is 5.32 Å². The van der Waals surface area contributed by atoms with Crippen LogP contribution in [0.25, 0.3) is 11.1 Å². The number of benzene rings is 2. The molecule has 1 aliphatic carbocycles. The second-order valence-corrected chi connectivity index (χ2v) is 7.85. The van der Waals surface area contributed by atoms with Gasteiger partial charge in [-0.15, -0.1) is 12.3 Å². The molecule has 5 heteroatoms. The Balaban J connectivity index is 1.62. The van der Waals surface area contributed by atoms with Gasteiger partial charge in [0.2, 0.25) is 0 Å². The Morgan fingerprint density at radius 1 is 1.07 bits per heavy atom. The Kier molecular flexibility index (Phi) is 6.79. The third-order valence-corrected chi connectivity index (χ3v) is 5.69. The lowest BCUT2D eigenvalue weighted by atomic mass is 9.94. The number of fused-ring (bicyclic) bond motifs is 3. The fraction of sp³-hybridized carbons (Fsp3) is 0.360. The number of alkyl carbamates (subject to hydrolysis) is 1. The zero-order valence-electron chi connectivity index (χ0n) is 17.2. The van der Waals surface area contributed by atoms with Gasteiger partial charge < -0.3 is 15.2 Å². The van der Waals surface area contributed by atoms with Gasteiger partial charge in [0.25, 0.3) is 0 Å². The molecule has 30 heavy (non-hydrogen) atoms. The number of nitrogens with one attached hydrogen (secondary N) is 1. The van der Waals surface area contributed by atoms with E-state index in [1.807, 2.05) is 36.4 Å². The molecule has 0 aliphatic heterocycles. The molecular weight excluding hydrogens is 378 g/mol. The van der Waals surface area contributed by atoms with Crippen LogP contribution in [-0.2, 0) is 9.53 Å². The highest BCUT2D eigenvalue weighted by molar-refractivity contribution is 5.84. The van der Waals surface area contributed by atoms with E-state index in [4.69, 9.17) is 11.2 Å². The minimum Gasteiger partial charge on any atom is -0.480 e. The highest BCUT2D eigenvalue weighted by Gasteiger charge is 2.35. The third-order valence-electron chi connectivity index (χ3n) is 5.69. The van der Waals surface area contributed by atoms with E-state index < -0.39 is 17.6 Å². The molecule has 0 unspecified atom stereocenters. The van der Waals surface area contributed by atoms with Gasteiger partial charge >= 0.3 is 12.1 Å². The zero-order valence-corrected chi connectivity index (χ0v) is 17.2. The van der Waals surface area contributed by atoms with E-state index in [1.165, 1.54) is 6.92 Å². The van der Waals surface area contributed by atoms with Gasteiger partial charge in [-0.05, 0) is 42.0 Å². The Bertz CT molecular complexity index is 916. The van der Waals surface area contributed by atoms with Gasteiger partial charge in [0.1, 0.15) is 12.1 Å². The lowest BCUT2D eigenvalue weighted by Crippen LogP contribution is -2.52. The Hall–Kier alpha value is -3.26. The molecule has 2 aromatic rings. The lowest BCUT2D eigenvalue weighted by molar-refractivity contribution is -0.144. The summed E-state index contributed by atoms with van der Waals surface area (Å²) in [6.07, 6.45) is 7.83. The zero-order chi connectivity index (χ0) is 21.6. The number of terminal acetylenes is 1. The number of hydrogen-bond donors (Lipinski definition) is 2. The number of rotatable bonds is 9. The number of hydrogen-bond acceptors (Lipinski definition) is 3. The second kappa shape index (κ2) is 9.49. The SMILES string of the molecule is C#CCCCCC[C@@](C)(NC(=O)OCC1c2ccccc2-c2ccccc21)C(=O)O. The quantitative estimate of drug-likeness (QED) is 0.457. The van der Waals surface area contributed by atoms with Crippen LogP contribution in [0.3, 0.4) is 0 Å². The molecular formula is C25H27NO4. The van der Waals surface area contributed by atoms with Crippen molar-refractivity contribution >= 4 is 12.1 Å². The number of amides is 1. The highest BCUT2D eigenvalue weighted by atomic mass is 16.5. The number of carboxylic acids is 1. The molecule has 5 nitrogen and oxygen atoms in total. The van der Waals surface area contributed by atoms with Crippen LogP contribution in [0.5, 0.6) is 0 Å². The summed E-state index contributed by atoms with van der Waals surface area (Å²) in [6.45, 7) is 1.66. The summed E-state index contributed by atoms with van der Waals surface area (Å²) in [6, 6.07) is 16.1. The summed E-state index contributed by atoms with van der Waals surface area (Å²) in [5, 5.41) is 12.2. The summed E-state index contributed by atoms with van der Waals surface area (Å²) in [5.74, 6) is 1.43. The van der Waals surface area contributed by atoms with E-state index in [1.54, 1.807) is 0 Å². The largest absolute Gasteiger partial charge is 0.480 e. The summed E-state index contributed by atoms with van der Waals surface area (Å²) in [5.41, 5.74) is 3.13. The number of unbranched alkanes of at least 4 members (excludes halogenated alkanes) is 3. The van der Waals surface area contributed by atoms with Crippen LogP contribution in [0.2, 0.25) is 0 Å². The number of carbonyl (C=O) groups excluding carboxylic acids is 1. The fourth-order valence-corrected chi connectivity index (χ4v) is 3.97. The van der Waals surface area contributed by atoms with Crippen LogP contribution in [0.15, 0.2) is 48.5 Å². The first-order valence-electron chi connectivity index (χ1n) is 10.3. The van der Waals surface area contributed by atoms with Gasteiger partial charge in [-0.3, -0.25) is 0 Å². The maximum absolute atomic E-state index is 12.5. The van der Waals surface area contributed by atoms with E-state index in [0.29, 0.717) is 19.3 Å². The van der Waals surface area contributed by atoms with Crippen molar-refractivity contribution in [2.75, 3.05) is 6.61 Å². The number of ether oxygens (including phenoxy) is 1. The molecule has 0 saturated carbocycles. The van der Waals surface area contributed by atoms with Gasteiger partial charge in [0.05, 0.1) is 0 Å². The van der Waals surface area contributed by atoms with E-state index in [2.05, 4.69) is 23.4 Å². The minimum absolute atomic E-state index is 0.0667. The molecule has 2 N–H and O–H groups in total. The summed E-state index contributed by atoms with van der Waals surface area (Å²) in [4.78, 5) is 24.2. The maximum Gasteiger partial charge on any atom is 0.408 e. The molecule has 3 rings (SSSR count). The molecule has 1 aliphatic rings. The van der Waals surface area contributed by atoms with Gasteiger partial charge in [-0.25, -0.2) is 9.59 Å². The summed E-state index contributed by atoms with van der Waals surface area (Å²) < 4.78 is 5.49. The molecule has 156 valence electrons. The predicted molar refractivity (Wildman–Crippen MR) is 116 cm³/mol. The van der Waals surface area contributed by atoms with Crippen LogP contribution in [0.1, 0.15) is 56.1 Å². The number of carbonyl (C=O) groups is 2. The normalized spacial score (nSPS) is 14.1. The number of carboxylic acid groups (broad SMARTS) is 1. The molecule has 2 aromatic carbocycles. The molecule has 0 bridgehead atoms. The van der Waals surface area contributed by atoms with Crippen molar-refractivity contribution in [3.05, 3.63) is 59.7 Å². The average molecular weight is 405 g/mol. The van der Waals surface area contributed by atoms with Crippen molar-refractivity contribution in [1.29, 1.82) is 0 Å². The van der Waals surface area contributed by atoms with E-state index in [0.717, 1.165) is 35.1 Å². The fourth-order valence-electron chi connectivity index (χ4n) is 3.97. The third kappa shape index (κ3) is 4.65. The Labute approximate surface area is 177 Å². The Morgan fingerprint density at radius 3 is 2.23 bits per heavy atom. The molecule has 0 saturated heterocycles. The summed E-state index contributed by atoms with van der Waals surface area (Å²) >= 11 is 0. The highest BCUT2D eigenvalue weighted by Crippen LogP contribution is 2.44. The molecule has 0 aromatic heterocycles. The van der Waals surface area contributed by atoms with Crippen molar-refractivity contribution in [2.24, 2.45) is 0 Å². The van der Waals surface area contributed by atoms with Gasteiger partial charge in [-0.1, -0.05) is 61.4 Å².